The van der Waals surface area contributed by atoms with Crippen LogP contribution in [-0.2, 0) is 15.8 Å². The van der Waals surface area contributed by atoms with E-state index in [0.717, 1.165) is 17.0 Å². The summed E-state index contributed by atoms with van der Waals surface area (Å²) in [5.41, 5.74) is -1.39. The molecule has 2 fully saturated rings. The van der Waals surface area contributed by atoms with E-state index in [2.05, 4.69) is 37.2 Å². The van der Waals surface area contributed by atoms with Crippen molar-refractivity contribution in [2.45, 2.75) is 28.7 Å². The van der Waals surface area contributed by atoms with Gasteiger partial charge in [-0.05, 0) is 37.1 Å². The number of fused-ring (bicyclic) bond motifs is 1. The van der Waals surface area contributed by atoms with Crippen molar-refractivity contribution in [3.05, 3.63) is 59.7 Å². The van der Waals surface area contributed by atoms with E-state index in [-0.39, 0.29) is 20.9 Å². The van der Waals surface area contributed by atoms with Gasteiger partial charge in [0.1, 0.15) is 0 Å². The summed E-state index contributed by atoms with van der Waals surface area (Å²) in [6, 6.07) is 10.5. The molecule has 1 saturated heterocycles. The monoisotopic (exact) mass is 572 g/mol. The summed E-state index contributed by atoms with van der Waals surface area (Å²) in [4.78, 5) is 40.2. The van der Waals surface area contributed by atoms with Gasteiger partial charge >= 0.3 is 6.18 Å². The third-order valence-corrected chi connectivity index (χ3v) is 8.52. The molecule has 0 radical (unpaired) electrons. The van der Waals surface area contributed by atoms with E-state index in [9.17, 15) is 27.6 Å². The van der Waals surface area contributed by atoms with Gasteiger partial charge in [-0.2, -0.15) is 13.2 Å². The highest BCUT2D eigenvalue weighted by molar-refractivity contribution is 9.12. The maximum atomic E-state index is 13.3. The molecule has 1 heterocycles. The van der Waals surface area contributed by atoms with Crippen molar-refractivity contribution in [3.63, 3.8) is 0 Å². The van der Waals surface area contributed by atoms with Gasteiger partial charge in [-0.25, -0.2) is 4.90 Å². The molecule has 1 aliphatic heterocycles. The molecule has 1 aliphatic carbocycles. The lowest BCUT2D eigenvalue weighted by Crippen LogP contribution is -2.34. The summed E-state index contributed by atoms with van der Waals surface area (Å²) in [5, 5.41) is 2.28. The summed E-state index contributed by atoms with van der Waals surface area (Å²) in [7, 11) is 0. The van der Waals surface area contributed by atoms with Crippen LogP contribution in [0.4, 0.5) is 24.5 Å². The van der Waals surface area contributed by atoms with Gasteiger partial charge in [0.15, 0.2) is 0 Å². The number of hydrogen-bond acceptors (Lipinski definition) is 3. The second-order valence-electron chi connectivity index (χ2n) is 7.74. The van der Waals surface area contributed by atoms with Gasteiger partial charge in [-0.15, -0.1) is 0 Å². The molecule has 4 rings (SSSR count). The second kappa shape index (κ2) is 8.62. The zero-order valence-electron chi connectivity index (χ0n) is 16.4. The minimum atomic E-state index is -4.65. The zero-order chi connectivity index (χ0) is 23.2. The molecule has 168 valence electrons. The fraction of sp³-hybridized carbons (Fsp3) is 0.318. The molecule has 1 saturated carbocycles. The van der Waals surface area contributed by atoms with Crippen LogP contribution in [0, 0.1) is 11.8 Å². The first-order chi connectivity index (χ1) is 15.1. The van der Waals surface area contributed by atoms with Crippen molar-refractivity contribution in [2.75, 3.05) is 10.2 Å². The number of benzene rings is 2. The topological polar surface area (TPSA) is 66.5 Å². The molecule has 2 aromatic rings. The summed E-state index contributed by atoms with van der Waals surface area (Å²) in [5.74, 6) is -2.67. The Kier molecular flexibility index (Phi) is 6.19. The average molecular weight is 574 g/mol. The molecule has 0 bridgehead atoms. The molecule has 0 spiro atoms. The molecule has 0 unspecified atom stereocenters. The summed E-state index contributed by atoms with van der Waals surface area (Å²) < 4.78 is 39.9. The SMILES string of the molecule is O=C(Nc1ccccc1C(F)(F)F)c1ccccc1N1C(=O)[C@@H]2C[C@H](Br)[C@@H](Br)C[C@H]2C1=O. The highest BCUT2D eigenvalue weighted by atomic mass is 79.9. The van der Waals surface area contributed by atoms with Crippen molar-refractivity contribution in [1.29, 1.82) is 0 Å². The van der Waals surface area contributed by atoms with Crippen LogP contribution in [0.15, 0.2) is 48.5 Å². The summed E-state index contributed by atoms with van der Waals surface area (Å²) >= 11 is 7.05. The Morgan fingerprint density at radius 3 is 2.03 bits per heavy atom. The molecular formula is C22H17Br2F3N2O3. The predicted molar refractivity (Wildman–Crippen MR) is 120 cm³/mol. The summed E-state index contributed by atoms with van der Waals surface area (Å²) in [6.07, 6.45) is -3.72. The number of nitrogens with one attached hydrogen (secondary N) is 1. The number of imide groups is 1. The van der Waals surface area contributed by atoms with Gasteiger partial charge < -0.3 is 5.32 Å². The van der Waals surface area contributed by atoms with Crippen molar-refractivity contribution in [1.82, 2.24) is 0 Å². The van der Waals surface area contributed by atoms with E-state index >= 15 is 0 Å². The maximum Gasteiger partial charge on any atom is 0.418 e. The minimum Gasteiger partial charge on any atom is -0.321 e. The zero-order valence-corrected chi connectivity index (χ0v) is 19.6. The molecule has 10 heteroatoms. The van der Waals surface area contributed by atoms with Gasteiger partial charge in [0.05, 0.1) is 34.3 Å². The number of para-hydroxylation sites is 2. The van der Waals surface area contributed by atoms with Crippen molar-refractivity contribution < 1.29 is 27.6 Å². The van der Waals surface area contributed by atoms with Crippen LogP contribution in [0.3, 0.4) is 0 Å². The smallest absolute Gasteiger partial charge is 0.321 e. The third-order valence-electron chi connectivity index (χ3n) is 5.78. The number of hydrogen-bond donors (Lipinski definition) is 1. The molecule has 5 nitrogen and oxygen atoms in total. The Morgan fingerprint density at radius 1 is 0.906 bits per heavy atom. The van der Waals surface area contributed by atoms with E-state index < -0.39 is 47.0 Å². The first-order valence-corrected chi connectivity index (χ1v) is 11.6. The van der Waals surface area contributed by atoms with E-state index in [1.165, 1.54) is 30.3 Å². The second-order valence-corrected chi connectivity index (χ2v) is 10.1. The first-order valence-electron chi connectivity index (χ1n) is 9.82. The lowest BCUT2D eigenvalue weighted by molar-refractivity contribution is -0.137. The number of rotatable bonds is 3. The van der Waals surface area contributed by atoms with Crippen LogP contribution in [-0.4, -0.2) is 27.4 Å². The predicted octanol–water partition coefficient (Wildman–Crippen LogP) is 5.38. The van der Waals surface area contributed by atoms with Gasteiger partial charge in [0, 0.05) is 9.65 Å². The normalized spacial score (nSPS) is 25.6. The van der Waals surface area contributed by atoms with Crippen molar-refractivity contribution in [3.8, 4) is 0 Å². The number of carbonyl (C=O) groups is 3. The number of halogens is 5. The van der Waals surface area contributed by atoms with E-state index in [4.69, 9.17) is 0 Å². The van der Waals surface area contributed by atoms with Crippen LogP contribution >= 0.6 is 31.9 Å². The fourth-order valence-electron chi connectivity index (χ4n) is 4.22. The third kappa shape index (κ3) is 4.10. The molecular weight excluding hydrogens is 557 g/mol. The Hall–Kier alpha value is -2.20. The largest absolute Gasteiger partial charge is 0.418 e. The standard InChI is InChI=1S/C22H17Br2F3N2O3/c23-15-9-12-13(10-16(15)24)21(32)29(20(12)31)18-8-4-1-5-11(18)19(30)28-17-7-3-2-6-14(17)22(25,26)27/h1-8,12-13,15-16H,9-10H2,(H,28,30)/t12-,13-,15+,16+/m1/s1. The molecule has 0 aromatic heterocycles. The van der Waals surface area contributed by atoms with Gasteiger partial charge in [-0.1, -0.05) is 56.1 Å². The Bertz CT molecular complexity index is 1060. The van der Waals surface area contributed by atoms with Gasteiger partial charge in [-0.3, -0.25) is 14.4 Å². The van der Waals surface area contributed by atoms with Crippen LogP contribution < -0.4 is 10.2 Å². The number of anilines is 2. The Balaban J connectivity index is 1.67. The molecule has 32 heavy (non-hydrogen) atoms. The highest BCUT2D eigenvalue weighted by Crippen LogP contribution is 2.45. The Morgan fingerprint density at radius 2 is 1.44 bits per heavy atom. The van der Waals surface area contributed by atoms with Crippen molar-refractivity contribution in [2.24, 2.45) is 11.8 Å². The number of nitrogens with zero attached hydrogens (tertiary/aromatic N) is 1. The first kappa shape index (κ1) is 23.0. The molecule has 1 N–H and O–H groups in total. The number of carbonyl (C=O) groups excluding carboxylic acids is 3. The quantitative estimate of drug-likeness (QED) is 0.396. The number of alkyl halides is 5. The van der Waals surface area contributed by atoms with E-state index in [1.807, 2.05) is 0 Å². The van der Waals surface area contributed by atoms with Crippen LogP contribution in [0.2, 0.25) is 0 Å². The minimum absolute atomic E-state index is 0.0258. The van der Waals surface area contributed by atoms with Gasteiger partial charge in [0.25, 0.3) is 5.91 Å². The van der Waals surface area contributed by atoms with Crippen LogP contribution in [0.25, 0.3) is 0 Å². The fourth-order valence-corrected chi connectivity index (χ4v) is 5.46. The maximum absolute atomic E-state index is 13.3. The average Bonchev–Trinajstić information content (AvgIpc) is 2.97. The molecule has 2 aromatic carbocycles. The van der Waals surface area contributed by atoms with E-state index in [1.54, 1.807) is 6.07 Å². The molecule has 3 amide bonds. The molecule has 2 aliphatic rings. The highest BCUT2D eigenvalue weighted by Gasteiger charge is 2.52. The Labute approximate surface area is 198 Å². The number of amides is 3. The lowest BCUT2D eigenvalue weighted by Gasteiger charge is -2.29. The van der Waals surface area contributed by atoms with Crippen LogP contribution in [0.5, 0.6) is 0 Å². The van der Waals surface area contributed by atoms with E-state index in [0.29, 0.717) is 12.8 Å². The summed E-state index contributed by atoms with van der Waals surface area (Å²) in [6.45, 7) is 0. The van der Waals surface area contributed by atoms with Gasteiger partial charge in [0.2, 0.25) is 11.8 Å². The van der Waals surface area contributed by atoms with Crippen LogP contribution in [0.1, 0.15) is 28.8 Å². The molecule has 4 atom stereocenters. The lowest BCUT2D eigenvalue weighted by atomic mass is 9.81. The van der Waals surface area contributed by atoms with Crippen molar-refractivity contribution >= 4 is 61.0 Å².